The Hall–Kier alpha value is -1.65. The fraction of sp³-hybridized carbons (Fsp3) is 0.400. The molecule has 0 aliphatic rings. The molecule has 148 valence electrons. The molecule has 0 saturated heterocycles. The van der Waals surface area contributed by atoms with Gasteiger partial charge in [0.15, 0.2) is 0 Å². The van der Waals surface area contributed by atoms with E-state index in [1.54, 1.807) is 38.5 Å². The van der Waals surface area contributed by atoms with Crippen LogP contribution in [0.2, 0.25) is 13.1 Å². The van der Waals surface area contributed by atoms with Crippen molar-refractivity contribution < 1.29 is 23.2 Å². The van der Waals surface area contributed by atoms with Crippen molar-refractivity contribution in [2.45, 2.75) is 38.0 Å². The van der Waals surface area contributed by atoms with Gasteiger partial charge in [-0.05, 0) is 48.5 Å². The molecule has 0 bridgehead atoms. The smallest absolute Gasteiger partial charge is 0.333 e. The van der Waals surface area contributed by atoms with Crippen molar-refractivity contribution in [3.63, 3.8) is 0 Å². The Kier molecular flexibility index (Phi) is 6.88. The molecule has 0 fully saturated rings. The Balaban J connectivity index is 2.31. The minimum Gasteiger partial charge on any atom is -0.508 e. The third-order valence-corrected chi connectivity index (χ3v) is 14.3. The molecule has 2 N–H and O–H groups in total. The lowest BCUT2D eigenvalue weighted by molar-refractivity contribution is 0.227. The molecule has 0 saturated carbocycles. The van der Waals surface area contributed by atoms with Crippen LogP contribution in [-0.4, -0.2) is 41.6 Å². The second kappa shape index (κ2) is 8.58. The van der Waals surface area contributed by atoms with Crippen LogP contribution in [0.1, 0.15) is 36.1 Å². The van der Waals surface area contributed by atoms with E-state index in [9.17, 15) is 10.2 Å². The summed E-state index contributed by atoms with van der Waals surface area (Å²) < 4.78 is 18.6. The Morgan fingerprint density at radius 3 is 1.22 bits per heavy atom. The van der Waals surface area contributed by atoms with Gasteiger partial charge in [0.2, 0.25) is 0 Å². The summed E-state index contributed by atoms with van der Waals surface area (Å²) in [6, 6.07) is 14.4. The lowest BCUT2D eigenvalue weighted by Gasteiger charge is -2.41. The summed E-state index contributed by atoms with van der Waals surface area (Å²) in [6.45, 7) is 8.30. The van der Waals surface area contributed by atoms with Gasteiger partial charge in [-0.1, -0.05) is 38.1 Å². The molecule has 2 aromatic rings. The van der Waals surface area contributed by atoms with Crippen LogP contribution in [0.4, 0.5) is 0 Å². The number of hydrogen-bond acceptors (Lipinski definition) is 5. The van der Waals surface area contributed by atoms with Gasteiger partial charge in [0.25, 0.3) is 0 Å². The number of hydrogen-bond donors (Lipinski definition) is 2. The van der Waals surface area contributed by atoms with E-state index < -0.39 is 17.1 Å². The summed E-state index contributed by atoms with van der Waals surface area (Å²) in [7, 11) is -1.90. The van der Waals surface area contributed by atoms with E-state index in [1.165, 1.54) is 0 Å². The highest BCUT2D eigenvalue weighted by molar-refractivity contribution is 6.81. The summed E-state index contributed by atoms with van der Waals surface area (Å²) in [6.07, 6.45) is 0. The Labute approximate surface area is 164 Å². The van der Waals surface area contributed by atoms with E-state index in [2.05, 4.69) is 26.9 Å². The first-order chi connectivity index (χ1) is 12.6. The molecular weight excluding hydrogens is 376 g/mol. The van der Waals surface area contributed by atoms with Crippen LogP contribution in [0.15, 0.2) is 48.5 Å². The molecule has 7 heteroatoms. The average molecular weight is 407 g/mol. The van der Waals surface area contributed by atoms with Crippen molar-refractivity contribution in [1.82, 2.24) is 0 Å². The van der Waals surface area contributed by atoms with E-state index >= 15 is 0 Å². The summed E-state index contributed by atoms with van der Waals surface area (Å²) in [5, 5.41) is 19.1. The van der Waals surface area contributed by atoms with Crippen LogP contribution >= 0.6 is 0 Å². The molecule has 27 heavy (non-hydrogen) atoms. The lowest BCUT2D eigenvalue weighted by Crippen LogP contribution is -2.56. The van der Waals surface area contributed by atoms with E-state index in [0.717, 1.165) is 11.1 Å². The molecule has 0 spiro atoms. The topological polar surface area (TPSA) is 68.2 Å². The number of phenols is 2. The molecule has 0 aliphatic carbocycles. The molecule has 4 unspecified atom stereocenters. The number of rotatable bonds is 8. The van der Waals surface area contributed by atoms with Crippen molar-refractivity contribution in [1.29, 1.82) is 0 Å². The van der Waals surface area contributed by atoms with Gasteiger partial charge in [0, 0.05) is 25.3 Å². The summed E-state index contributed by atoms with van der Waals surface area (Å²) in [5.41, 5.74) is 2.23. The van der Waals surface area contributed by atoms with Crippen LogP contribution in [0.25, 0.3) is 0 Å². The van der Waals surface area contributed by atoms with E-state index in [0.29, 0.717) is 0 Å². The van der Waals surface area contributed by atoms with Crippen LogP contribution in [0, 0.1) is 0 Å². The molecule has 0 aromatic heterocycles. The van der Waals surface area contributed by atoms with E-state index in [1.807, 2.05) is 24.3 Å². The number of aromatic hydroxyl groups is 2. The highest BCUT2D eigenvalue weighted by Gasteiger charge is 2.49. The van der Waals surface area contributed by atoms with Crippen LogP contribution < -0.4 is 0 Å². The zero-order valence-electron chi connectivity index (χ0n) is 16.9. The maximum Gasteiger partial charge on any atom is 0.333 e. The summed E-state index contributed by atoms with van der Waals surface area (Å²) in [4.78, 5) is 0. The van der Waals surface area contributed by atoms with Crippen molar-refractivity contribution in [3.8, 4) is 11.5 Å². The minimum absolute atomic E-state index is 0.0529. The maximum atomic E-state index is 9.56. The Morgan fingerprint density at radius 2 is 0.963 bits per heavy atom. The average Bonchev–Trinajstić information content (AvgIpc) is 2.67. The first-order valence-electron chi connectivity index (χ1n) is 9.03. The highest BCUT2D eigenvalue weighted by atomic mass is 28.5. The van der Waals surface area contributed by atoms with Gasteiger partial charge in [-0.15, -0.1) is 0 Å². The fourth-order valence-corrected chi connectivity index (χ4v) is 10.8. The predicted molar refractivity (Wildman–Crippen MR) is 111 cm³/mol. The van der Waals surface area contributed by atoms with Crippen LogP contribution in [0.5, 0.6) is 11.5 Å². The van der Waals surface area contributed by atoms with Gasteiger partial charge in [0.05, 0.1) is 0 Å². The van der Waals surface area contributed by atoms with E-state index in [-0.39, 0.29) is 22.6 Å². The van der Waals surface area contributed by atoms with Gasteiger partial charge in [-0.25, -0.2) is 0 Å². The molecule has 0 heterocycles. The van der Waals surface area contributed by atoms with Gasteiger partial charge in [-0.3, -0.25) is 0 Å². The standard InChI is InChI=1S/C20H30O5Si2/c1-15(17-7-11-19(21)12-8-17)26(5,23-3)25-27(6,24-4)16(2)18-9-13-20(22)14-10-18/h7-16,21-22H,1-6H3. The highest BCUT2D eigenvalue weighted by Crippen LogP contribution is 2.36. The number of phenolic OH excluding ortho intramolecular Hbond substituents is 2. The molecule has 0 amide bonds. The minimum atomic E-state index is -2.64. The van der Waals surface area contributed by atoms with Gasteiger partial charge in [0.1, 0.15) is 11.5 Å². The van der Waals surface area contributed by atoms with Crippen molar-refractivity contribution >= 4 is 17.1 Å². The van der Waals surface area contributed by atoms with Gasteiger partial charge >= 0.3 is 17.1 Å². The summed E-state index contributed by atoms with van der Waals surface area (Å²) in [5.74, 6) is 0.481. The predicted octanol–water partition coefficient (Wildman–Crippen LogP) is 4.54. The first kappa shape index (κ1) is 21.7. The zero-order chi connectivity index (χ0) is 20.2. The monoisotopic (exact) mass is 406 g/mol. The Bertz CT molecular complexity index is 674. The number of benzene rings is 2. The Morgan fingerprint density at radius 1 is 0.667 bits per heavy atom. The quantitative estimate of drug-likeness (QED) is 0.630. The van der Waals surface area contributed by atoms with Crippen LogP contribution in [0.3, 0.4) is 0 Å². The maximum absolute atomic E-state index is 9.56. The fourth-order valence-electron chi connectivity index (χ4n) is 3.15. The largest absolute Gasteiger partial charge is 0.508 e. The molecule has 0 radical (unpaired) electrons. The van der Waals surface area contributed by atoms with Gasteiger partial charge in [-0.2, -0.15) is 0 Å². The second-order valence-corrected chi connectivity index (χ2v) is 14.6. The van der Waals surface area contributed by atoms with Crippen molar-refractivity contribution in [3.05, 3.63) is 59.7 Å². The van der Waals surface area contributed by atoms with Crippen molar-refractivity contribution in [2.75, 3.05) is 14.2 Å². The molecular formula is C20H30O5Si2. The lowest BCUT2D eigenvalue weighted by atomic mass is 10.1. The first-order valence-corrected chi connectivity index (χ1v) is 13.8. The third kappa shape index (κ3) is 4.80. The molecule has 4 atom stereocenters. The SMILES string of the molecule is CO[Si](C)(O[Si](C)(OC)C(C)c1ccc(O)cc1)C(C)c1ccc(O)cc1. The van der Waals surface area contributed by atoms with Crippen molar-refractivity contribution in [2.24, 2.45) is 0 Å². The molecule has 0 aliphatic heterocycles. The molecule has 2 rings (SSSR count). The third-order valence-electron chi connectivity index (χ3n) is 5.58. The van der Waals surface area contributed by atoms with Gasteiger partial charge < -0.3 is 23.2 Å². The van der Waals surface area contributed by atoms with E-state index in [4.69, 9.17) is 13.0 Å². The molecule has 5 nitrogen and oxygen atoms in total. The zero-order valence-corrected chi connectivity index (χ0v) is 18.9. The normalized spacial score (nSPS) is 18.3. The summed E-state index contributed by atoms with van der Waals surface area (Å²) >= 11 is 0. The molecule has 2 aromatic carbocycles. The second-order valence-electron chi connectivity index (χ2n) is 7.17. The van der Waals surface area contributed by atoms with Crippen LogP contribution in [-0.2, 0) is 13.0 Å².